The van der Waals surface area contributed by atoms with E-state index in [4.69, 9.17) is 5.14 Å². The Labute approximate surface area is 126 Å². The topological polar surface area (TPSA) is 85.4 Å². The maximum absolute atomic E-state index is 12.7. The molecule has 21 heavy (non-hydrogen) atoms. The normalized spacial score (nSPS) is 16.8. The van der Waals surface area contributed by atoms with Crippen molar-refractivity contribution < 1.29 is 13.2 Å². The van der Waals surface area contributed by atoms with Crippen molar-refractivity contribution in [3.63, 3.8) is 0 Å². The molecular weight excluding hydrogens is 290 g/mol. The van der Waals surface area contributed by atoms with Crippen LogP contribution in [-0.2, 0) is 10.0 Å². The number of carbonyl (C=O) groups excluding carboxylic acids is 1. The fourth-order valence-electron chi connectivity index (χ4n) is 2.46. The van der Waals surface area contributed by atoms with Crippen LogP contribution >= 0.6 is 0 Å². The number of rotatable bonds is 6. The molecule has 0 aliphatic heterocycles. The van der Waals surface area contributed by atoms with Gasteiger partial charge in [-0.05, 0) is 39.2 Å². The quantitative estimate of drug-likeness (QED) is 0.868. The second-order valence-electron chi connectivity index (χ2n) is 5.59. The van der Waals surface area contributed by atoms with E-state index in [0.717, 1.165) is 19.3 Å². The average molecular weight is 313 g/mol. The lowest BCUT2D eigenvalue weighted by molar-refractivity contribution is 0.0688. The standard InChI is InChI=1S/C14H23N3O3S/c1-4-10(3)16(5-2)14(18)13-8-12(21(15,19)20)9-17(13)11-6-7-11/h8-11H,4-7H2,1-3H3,(H2,15,19,20). The predicted octanol–water partition coefficient (Wildman–Crippen LogP) is 1.73. The zero-order valence-corrected chi connectivity index (χ0v) is 13.6. The van der Waals surface area contributed by atoms with Crippen LogP contribution in [0.1, 0.15) is 56.6 Å². The Hall–Kier alpha value is -1.34. The smallest absolute Gasteiger partial charge is 0.270 e. The minimum absolute atomic E-state index is 0.0120. The van der Waals surface area contributed by atoms with Crippen molar-refractivity contribution in [3.8, 4) is 0 Å². The molecule has 1 aliphatic carbocycles. The summed E-state index contributed by atoms with van der Waals surface area (Å²) in [5.74, 6) is -0.131. The molecule has 1 atom stereocenters. The van der Waals surface area contributed by atoms with Crippen molar-refractivity contribution in [1.29, 1.82) is 0 Å². The third-order valence-corrected chi connectivity index (χ3v) is 4.92. The van der Waals surface area contributed by atoms with Gasteiger partial charge in [0.05, 0.1) is 0 Å². The molecule has 7 heteroatoms. The highest BCUT2D eigenvalue weighted by Crippen LogP contribution is 2.37. The van der Waals surface area contributed by atoms with E-state index in [-0.39, 0.29) is 22.9 Å². The van der Waals surface area contributed by atoms with E-state index in [1.54, 1.807) is 9.47 Å². The molecule has 1 aliphatic rings. The molecule has 0 aromatic carbocycles. The fourth-order valence-corrected chi connectivity index (χ4v) is 3.00. The van der Waals surface area contributed by atoms with Gasteiger partial charge in [0.2, 0.25) is 10.0 Å². The Morgan fingerprint density at radius 2 is 2.10 bits per heavy atom. The highest BCUT2D eigenvalue weighted by atomic mass is 32.2. The van der Waals surface area contributed by atoms with Gasteiger partial charge in [0.15, 0.2) is 0 Å². The van der Waals surface area contributed by atoms with Gasteiger partial charge in [0, 0.05) is 24.8 Å². The van der Waals surface area contributed by atoms with Crippen molar-refractivity contribution in [2.45, 2.75) is 57.0 Å². The summed E-state index contributed by atoms with van der Waals surface area (Å²) in [5.41, 5.74) is 0.420. The maximum Gasteiger partial charge on any atom is 0.270 e. The lowest BCUT2D eigenvalue weighted by atomic mass is 10.2. The summed E-state index contributed by atoms with van der Waals surface area (Å²) in [6.45, 7) is 6.53. The van der Waals surface area contributed by atoms with Gasteiger partial charge >= 0.3 is 0 Å². The van der Waals surface area contributed by atoms with E-state index in [1.807, 2.05) is 20.8 Å². The second kappa shape index (κ2) is 5.81. The van der Waals surface area contributed by atoms with Crippen molar-refractivity contribution in [1.82, 2.24) is 9.47 Å². The van der Waals surface area contributed by atoms with E-state index < -0.39 is 10.0 Å². The number of aromatic nitrogens is 1. The number of primary sulfonamides is 1. The van der Waals surface area contributed by atoms with Gasteiger partial charge in [-0.3, -0.25) is 4.79 Å². The summed E-state index contributed by atoms with van der Waals surface area (Å²) >= 11 is 0. The van der Waals surface area contributed by atoms with Gasteiger partial charge in [-0.2, -0.15) is 0 Å². The highest BCUT2D eigenvalue weighted by molar-refractivity contribution is 7.89. The third-order valence-electron chi connectivity index (χ3n) is 4.04. The van der Waals surface area contributed by atoms with Crippen LogP contribution in [0, 0.1) is 0 Å². The Kier molecular flexibility index (Phi) is 4.43. The monoisotopic (exact) mass is 313 g/mol. The summed E-state index contributed by atoms with van der Waals surface area (Å²) in [6.07, 6.45) is 4.28. The summed E-state index contributed by atoms with van der Waals surface area (Å²) in [6, 6.07) is 1.74. The summed E-state index contributed by atoms with van der Waals surface area (Å²) < 4.78 is 24.8. The number of hydrogen-bond acceptors (Lipinski definition) is 3. The molecule has 118 valence electrons. The molecule has 1 aromatic rings. The fraction of sp³-hybridized carbons (Fsp3) is 0.643. The first kappa shape index (κ1) is 16.0. The lowest BCUT2D eigenvalue weighted by Crippen LogP contribution is -2.39. The lowest BCUT2D eigenvalue weighted by Gasteiger charge is -2.27. The van der Waals surface area contributed by atoms with Gasteiger partial charge in [-0.25, -0.2) is 13.6 Å². The summed E-state index contributed by atoms with van der Waals surface area (Å²) in [7, 11) is -3.79. The van der Waals surface area contributed by atoms with E-state index in [2.05, 4.69) is 0 Å². The van der Waals surface area contributed by atoms with E-state index in [0.29, 0.717) is 12.2 Å². The first-order chi connectivity index (χ1) is 9.79. The van der Waals surface area contributed by atoms with Crippen molar-refractivity contribution in [2.24, 2.45) is 5.14 Å². The van der Waals surface area contributed by atoms with Gasteiger partial charge < -0.3 is 9.47 Å². The Balaban J connectivity index is 2.42. The number of sulfonamides is 1. The van der Waals surface area contributed by atoms with Crippen LogP contribution in [-0.4, -0.2) is 36.4 Å². The second-order valence-corrected chi connectivity index (χ2v) is 7.15. The van der Waals surface area contributed by atoms with Crippen LogP contribution in [0.15, 0.2) is 17.2 Å². The first-order valence-electron chi connectivity index (χ1n) is 7.35. The van der Waals surface area contributed by atoms with E-state index in [1.165, 1.54) is 12.3 Å². The molecule has 1 saturated carbocycles. The highest BCUT2D eigenvalue weighted by Gasteiger charge is 2.31. The molecule has 1 unspecified atom stereocenters. The molecule has 6 nitrogen and oxygen atoms in total. The van der Waals surface area contributed by atoms with E-state index >= 15 is 0 Å². The summed E-state index contributed by atoms with van der Waals surface area (Å²) in [5, 5.41) is 5.19. The van der Waals surface area contributed by atoms with Crippen LogP contribution in [0.3, 0.4) is 0 Å². The zero-order chi connectivity index (χ0) is 15.8. The molecule has 1 aromatic heterocycles. The molecule has 0 bridgehead atoms. The minimum Gasteiger partial charge on any atom is -0.339 e. The number of nitrogens with zero attached hydrogens (tertiary/aromatic N) is 2. The molecule has 1 fully saturated rings. The van der Waals surface area contributed by atoms with Crippen LogP contribution in [0.2, 0.25) is 0 Å². The van der Waals surface area contributed by atoms with Gasteiger partial charge in [0.1, 0.15) is 10.6 Å². The molecule has 1 amide bonds. The minimum atomic E-state index is -3.79. The SMILES string of the molecule is CCC(C)N(CC)C(=O)c1cc(S(N)(=O)=O)cn1C1CC1. The average Bonchev–Trinajstić information content (AvgIpc) is 3.16. The van der Waals surface area contributed by atoms with Crippen LogP contribution in [0.5, 0.6) is 0 Å². The molecule has 0 radical (unpaired) electrons. The zero-order valence-electron chi connectivity index (χ0n) is 12.7. The van der Waals surface area contributed by atoms with Crippen LogP contribution in [0.25, 0.3) is 0 Å². The van der Waals surface area contributed by atoms with Crippen molar-refractivity contribution in [3.05, 3.63) is 18.0 Å². The largest absolute Gasteiger partial charge is 0.339 e. The summed E-state index contributed by atoms with van der Waals surface area (Å²) in [4.78, 5) is 14.5. The predicted molar refractivity (Wildman–Crippen MR) is 80.5 cm³/mol. The number of nitrogens with two attached hydrogens (primary N) is 1. The molecule has 0 spiro atoms. The molecule has 2 rings (SSSR count). The number of hydrogen-bond donors (Lipinski definition) is 1. The number of carbonyl (C=O) groups is 1. The van der Waals surface area contributed by atoms with E-state index in [9.17, 15) is 13.2 Å². The Morgan fingerprint density at radius 1 is 1.48 bits per heavy atom. The van der Waals surface area contributed by atoms with Gasteiger partial charge in [-0.15, -0.1) is 0 Å². The third kappa shape index (κ3) is 3.29. The van der Waals surface area contributed by atoms with Gasteiger partial charge in [0.25, 0.3) is 5.91 Å². The maximum atomic E-state index is 12.7. The van der Waals surface area contributed by atoms with Crippen LogP contribution in [0.4, 0.5) is 0 Å². The van der Waals surface area contributed by atoms with Crippen molar-refractivity contribution >= 4 is 15.9 Å². The molecule has 0 saturated heterocycles. The number of amides is 1. The Morgan fingerprint density at radius 3 is 2.52 bits per heavy atom. The van der Waals surface area contributed by atoms with Gasteiger partial charge in [-0.1, -0.05) is 6.92 Å². The van der Waals surface area contributed by atoms with Crippen LogP contribution < -0.4 is 5.14 Å². The molecular formula is C14H23N3O3S. The Bertz CT molecular complexity index is 632. The molecule has 2 N–H and O–H groups in total. The van der Waals surface area contributed by atoms with Crippen molar-refractivity contribution in [2.75, 3.05) is 6.54 Å². The molecule has 1 heterocycles. The first-order valence-corrected chi connectivity index (χ1v) is 8.89.